The third kappa shape index (κ3) is 8.64. The monoisotopic (exact) mass is 232 g/mol. The molecule has 5 heteroatoms. The van der Waals surface area contributed by atoms with E-state index in [0.29, 0.717) is 18.9 Å². The van der Waals surface area contributed by atoms with Gasteiger partial charge in [-0.3, -0.25) is 4.79 Å². The highest BCUT2D eigenvalue weighted by molar-refractivity contribution is 5.66. The summed E-state index contributed by atoms with van der Waals surface area (Å²) in [5, 5.41) is 20.7. The van der Waals surface area contributed by atoms with Gasteiger partial charge in [0.15, 0.2) is 0 Å². The predicted molar refractivity (Wildman–Crippen MR) is 63.2 cm³/mol. The molecule has 0 aliphatic heterocycles. The van der Waals surface area contributed by atoms with Crippen LogP contribution >= 0.6 is 0 Å². The van der Waals surface area contributed by atoms with Gasteiger partial charge in [-0.25, -0.2) is 0 Å². The highest BCUT2D eigenvalue weighted by atomic mass is 16.4. The van der Waals surface area contributed by atoms with Crippen LogP contribution in [0.5, 0.6) is 0 Å². The van der Waals surface area contributed by atoms with Crippen molar-refractivity contribution in [3.8, 4) is 0 Å². The summed E-state index contributed by atoms with van der Waals surface area (Å²) in [5.41, 5.74) is 5.41. The Morgan fingerprint density at radius 1 is 1.44 bits per heavy atom. The number of carboxylic acids is 1. The van der Waals surface area contributed by atoms with Gasteiger partial charge in [0.2, 0.25) is 0 Å². The summed E-state index contributed by atoms with van der Waals surface area (Å²) in [6.07, 6.45) is 2.59. The fourth-order valence-electron chi connectivity index (χ4n) is 1.53. The molecule has 0 aliphatic carbocycles. The average Bonchev–Trinajstić information content (AvgIpc) is 2.23. The van der Waals surface area contributed by atoms with E-state index >= 15 is 0 Å². The normalized spacial score (nSPS) is 14.7. The van der Waals surface area contributed by atoms with Gasteiger partial charge in [-0.2, -0.15) is 0 Å². The quantitative estimate of drug-likeness (QED) is 0.431. The van der Waals surface area contributed by atoms with Crippen molar-refractivity contribution in [2.24, 2.45) is 11.7 Å². The highest BCUT2D eigenvalue weighted by Gasteiger charge is 2.08. The molecule has 0 amide bonds. The van der Waals surface area contributed by atoms with Gasteiger partial charge in [0.1, 0.15) is 0 Å². The van der Waals surface area contributed by atoms with Crippen LogP contribution in [0, 0.1) is 5.92 Å². The first kappa shape index (κ1) is 15.3. The molecule has 2 atom stereocenters. The number of hydrogen-bond donors (Lipinski definition) is 4. The zero-order valence-corrected chi connectivity index (χ0v) is 9.98. The summed E-state index contributed by atoms with van der Waals surface area (Å²) in [6, 6.07) is 0.0620. The molecule has 0 fully saturated rings. The number of aliphatic hydroxyl groups is 1. The summed E-state index contributed by atoms with van der Waals surface area (Å²) in [5.74, 6) is -0.317. The molecule has 0 aromatic carbocycles. The fraction of sp³-hybridized carbons (Fsp3) is 0.909. The number of rotatable bonds is 10. The maximum atomic E-state index is 10.3. The lowest BCUT2D eigenvalue weighted by Gasteiger charge is -2.18. The number of carbonyl (C=O) groups is 1. The molecular formula is C11H24N2O3. The lowest BCUT2D eigenvalue weighted by molar-refractivity contribution is -0.137. The number of carboxylic acid groups (broad SMARTS) is 1. The van der Waals surface area contributed by atoms with Crippen LogP contribution in [0.4, 0.5) is 0 Å². The highest BCUT2D eigenvalue weighted by Crippen LogP contribution is 2.07. The van der Waals surface area contributed by atoms with E-state index in [0.717, 1.165) is 19.4 Å². The molecule has 0 radical (unpaired) electrons. The van der Waals surface area contributed by atoms with Gasteiger partial charge in [-0.1, -0.05) is 6.92 Å². The SMILES string of the molecule is CC(CCCC(=O)O)CNC(CO)CCN. The van der Waals surface area contributed by atoms with Crippen LogP contribution in [0.3, 0.4) is 0 Å². The van der Waals surface area contributed by atoms with Gasteiger partial charge in [0, 0.05) is 12.5 Å². The van der Waals surface area contributed by atoms with E-state index in [1.165, 1.54) is 0 Å². The van der Waals surface area contributed by atoms with Crippen LogP contribution in [-0.4, -0.2) is 41.9 Å². The van der Waals surface area contributed by atoms with Gasteiger partial charge in [-0.15, -0.1) is 0 Å². The third-order valence-corrected chi connectivity index (χ3v) is 2.58. The van der Waals surface area contributed by atoms with Crippen molar-refractivity contribution in [2.75, 3.05) is 19.7 Å². The van der Waals surface area contributed by atoms with Crippen LogP contribution in [0.1, 0.15) is 32.6 Å². The first-order chi connectivity index (χ1) is 7.60. The molecule has 5 N–H and O–H groups in total. The maximum absolute atomic E-state index is 10.3. The minimum Gasteiger partial charge on any atom is -0.481 e. The minimum atomic E-state index is -0.739. The Morgan fingerprint density at radius 3 is 2.62 bits per heavy atom. The van der Waals surface area contributed by atoms with Crippen LogP contribution in [0.2, 0.25) is 0 Å². The molecule has 5 nitrogen and oxygen atoms in total. The van der Waals surface area contributed by atoms with E-state index in [9.17, 15) is 4.79 Å². The summed E-state index contributed by atoms with van der Waals surface area (Å²) < 4.78 is 0. The number of nitrogens with two attached hydrogens (primary N) is 1. The number of nitrogens with one attached hydrogen (secondary N) is 1. The Morgan fingerprint density at radius 2 is 2.12 bits per heavy atom. The van der Waals surface area contributed by atoms with Gasteiger partial charge >= 0.3 is 5.97 Å². The molecule has 0 aliphatic rings. The van der Waals surface area contributed by atoms with Crippen LogP contribution in [0.15, 0.2) is 0 Å². The van der Waals surface area contributed by atoms with E-state index in [-0.39, 0.29) is 19.1 Å². The van der Waals surface area contributed by atoms with E-state index in [1.807, 2.05) is 0 Å². The van der Waals surface area contributed by atoms with Crippen molar-refractivity contribution < 1.29 is 15.0 Å². The molecule has 0 spiro atoms. The average molecular weight is 232 g/mol. The molecule has 96 valence electrons. The Labute approximate surface area is 97.0 Å². The van der Waals surface area contributed by atoms with Crippen molar-refractivity contribution in [1.29, 1.82) is 0 Å². The molecule has 0 saturated carbocycles. The summed E-state index contributed by atoms with van der Waals surface area (Å²) in [6.45, 7) is 3.53. The van der Waals surface area contributed by atoms with E-state index in [4.69, 9.17) is 15.9 Å². The lowest BCUT2D eigenvalue weighted by atomic mass is 10.0. The fourth-order valence-corrected chi connectivity index (χ4v) is 1.53. The molecule has 0 aromatic rings. The molecule has 0 rings (SSSR count). The van der Waals surface area contributed by atoms with Gasteiger partial charge < -0.3 is 21.3 Å². The van der Waals surface area contributed by atoms with E-state index in [2.05, 4.69) is 12.2 Å². The summed E-state index contributed by atoms with van der Waals surface area (Å²) in [4.78, 5) is 10.3. The van der Waals surface area contributed by atoms with Crippen LogP contribution in [0.25, 0.3) is 0 Å². The Balaban J connectivity index is 3.54. The molecule has 16 heavy (non-hydrogen) atoms. The second kappa shape index (κ2) is 9.57. The van der Waals surface area contributed by atoms with Crippen LogP contribution < -0.4 is 11.1 Å². The zero-order valence-electron chi connectivity index (χ0n) is 9.98. The van der Waals surface area contributed by atoms with Crippen molar-refractivity contribution in [2.45, 2.75) is 38.6 Å². The van der Waals surface area contributed by atoms with Crippen LogP contribution in [-0.2, 0) is 4.79 Å². The topological polar surface area (TPSA) is 95.6 Å². The molecule has 0 aromatic heterocycles. The van der Waals surface area contributed by atoms with Crippen molar-refractivity contribution in [3.05, 3.63) is 0 Å². The largest absolute Gasteiger partial charge is 0.481 e. The first-order valence-electron chi connectivity index (χ1n) is 5.86. The van der Waals surface area contributed by atoms with E-state index in [1.54, 1.807) is 0 Å². The van der Waals surface area contributed by atoms with Crippen molar-refractivity contribution >= 4 is 5.97 Å². The summed E-state index contributed by atoms with van der Waals surface area (Å²) >= 11 is 0. The zero-order chi connectivity index (χ0) is 12.4. The molecule has 2 unspecified atom stereocenters. The minimum absolute atomic E-state index is 0.0620. The molecule has 0 saturated heterocycles. The number of aliphatic carboxylic acids is 1. The second-order valence-corrected chi connectivity index (χ2v) is 4.26. The van der Waals surface area contributed by atoms with Gasteiger partial charge in [0.05, 0.1) is 6.61 Å². The molecule has 0 bridgehead atoms. The second-order valence-electron chi connectivity index (χ2n) is 4.26. The third-order valence-electron chi connectivity index (χ3n) is 2.58. The Kier molecular flexibility index (Phi) is 9.18. The lowest BCUT2D eigenvalue weighted by Crippen LogP contribution is -2.37. The van der Waals surface area contributed by atoms with E-state index < -0.39 is 5.97 Å². The summed E-state index contributed by atoms with van der Waals surface area (Å²) in [7, 11) is 0. The predicted octanol–water partition coefficient (Wildman–Crippen LogP) is 0.177. The van der Waals surface area contributed by atoms with Gasteiger partial charge in [-0.05, 0) is 38.3 Å². The Bertz CT molecular complexity index is 188. The van der Waals surface area contributed by atoms with Gasteiger partial charge in [0.25, 0.3) is 0 Å². The van der Waals surface area contributed by atoms with Crippen molar-refractivity contribution in [3.63, 3.8) is 0 Å². The standard InChI is InChI=1S/C11H24N2O3/c1-9(3-2-4-11(15)16)7-13-10(8-14)5-6-12/h9-10,13-14H,2-8,12H2,1H3,(H,15,16). The molecular weight excluding hydrogens is 208 g/mol. The maximum Gasteiger partial charge on any atom is 0.303 e. The number of hydrogen-bond acceptors (Lipinski definition) is 4. The smallest absolute Gasteiger partial charge is 0.303 e. The molecule has 0 heterocycles. The van der Waals surface area contributed by atoms with Crippen molar-refractivity contribution in [1.82, 2.24) is 5.32 Å². The first-order valence-corrected chi connectivity index (χ1v) is 5.86. The Hall–Kier alpha value is -0.650. The number of aliphatic hydroxyl groups excluding tert-OH is 1.